The molecule has 2 N–H and O–H groups in total. The summed E-state index contributed by atoms with van der Waals surface area (Å²) in [7, 11) is 0. The lowest BCUT2D eigenvalue weighted by molar-refractivity contribution is 0.240. The van der Waals surface area contributed by atoms with E-state index in [1.165, 1.54) is 5.56 Å². The van der Waals surface area contributed by atoms with Gasteiger partial charge in [0.15, 0.2) is 0 Å². The first-order valence-corrected chi connectivity index (χ1v) is 7.84. The third kappa shape index (κ3) is 5.41. The quantitative estimate of drug-likeness (QED) is 0.831. The fourth-order valence-electron chi connectivity index (χ4n) is 2.22. The average Bonchev–Trinajstić information content (AvgIpc) is 2.53. The van der Waals surface area contributed by atoms with Crippen molar-refractivity contribution < 1.29 is 4.79 Å². The Kier molecular flexibility index (Phi) is 6.28. The maximum atomic E-state index is 11.8. The Bertz CT molecular complexity index is 601. The van der Waals surface area contributed by atoms with Crippen LogP contribution in [0, 0.1) is 0 Å². The van der Waals surface area contributed by atoms with E-state index >= 15 is 0 Å². The van der Waals surface area contributed by atoms with Gasteiger partial charge < -0.3 is 10.6 Å². The van der Waals surface area contributed by atoms with Gasteiger partial charge in [0.05, 0.1) is 0 Å². The minimum Gasteiger partial charge on any atom is -0.338 e. The molecule has 0 saturated heterocycles. The summed E-state index contributed by atoms with van der Waals surface area (Å²) in [5.74, 6) is 0.292. The molecule has 22 heavy (non-hydrogen) atoms. The Morgan fingerprint density at radius 3 is 2.59 bits per heavy atom. The monoisotopic (exact) mass is 316 g/mol. The van der Waals surface area contributed by atoms with E-state index in [4.69, 9.17) is 11.6 Å². The van der Waals surface area contributed by atoms with Gasteiger partial charge in [0.1, 0.15) is 0 Å². The largest absolute Gasteiger partial charge is 0.338 e. The van der Waals surface area contributed by atoms with Gasteiger partial charge in [-0.1, -0.05) is 61.0 Å². The lowest BCUT2D eigenvalue weighted by Gasteiger charge is -2.13. The van der Waals surface area contributed by atoms with E-state index in [9.17, 15) is 4.79 Å². The fourth-order valence-corrected chi connectivity index (χ4v) is 2.43. The summed E-state index contributed by atoms with van der Waals surface area (Å²) < 4.78 is 0. The summed E-state index contributed by atoms with van der Waals surface area (Å²) >= 11 is 5.93. The molecule has 0 aromatic heterocycles. The van der Waals surface area contributed by atoms with Gasteiger partial charge in [-0.2, -0.15) is 0 Å². The molecule has 116 valence electrons. The molecule has 0 aliphatic heterocycles. The number of urea groups is 1. The fraction of sp³-hybridized carbons (Fsp3) is 0.278. The second-order valence-corrected chi connectivity index (χ2v) is 5.76. The Morgan fingerprint density at radius 2 is 1.86 bits per heavy atom. The van der Waals surface area contributed by atoms with E-state index < -0.39 is 0 Å². The first-order chi connectivity index (χ1) is 10.6. The molecular weight excluding hydrogens is 296 g/mol. The minimum absolute atomic E-state index is 0.134. The van der Waals surface area contributed by atoms with Gasteiger partial charge in [-0.3, -0.25) is 0 Å². The Morgan fingerprint density at radius 1 is 1.09 bits per heavy atom. The molecule has 4 heteroatoms. The molecule has 1 atom stereocenters. The molecule has 3 nitrogen and oxygen atoms in total. The number of rotatable bonds is 6. The van der Waals surface area contributed by atoms with Crippen LogP contribution in [-0.2, 0) is 6.42 Å². The van der Waals surface area contributed by atoms with Crippen LogP contribution in [0.5, 0.6) is 0 Å². The van der Waals surface area contributed by atoms with Crippen LogP contribution < -0.4 is 10.6 Å². The van der Waals surface area contributed by atoms with Crippen molar-refractivity contribution in [1.82, 2.24) is 10.6 Å². The van der Waals surface area contributed by atoms with Gasteiger partial charge in [-0.25, -0.2) is 4.79 Å². The normalized spacial score (nSPS) is 11.7. The summed E-state index contributed by atoms with van der Waals surface area (Å²) in [6.45, 7) is 3.31. The van der Waals surface area contributed by atoms with E-state index in [1.54, 1.807) is 0 Å². The van der Waals surface area contributed by atoms with Crippen LogP contribution in [0.2, 0.25) is 5.02 Å². The number of halogens is 1. The van der Waals surface area contributed by atoms with Gasteiger partial charge >= 0.3 is 6.03 Å². The molecule has 0 aliphatic carbocycles. The van der Waals surface area contributed by atoms with Crippen molar-refractivity contribution in [2.45, 2.75) is 19.3 Å². The van der Waals surface area contributed by atoms with Gasteiger partial charge in [-0.15, -0.1) is 0 Å². The first-order valence-electron chi connectivity index (χ1n) is 7.46. The highest BCUT2D eigenvalue weighted by Gasteiger charge is 2.06. The molecule has 0 fully saturated rings. The van der Waals surface area contributed by atoms with Crippen LogP contribution in [0.15, 0.2) is 54.6 Å². The predicted octanol–water partition coefficient (Wildman–Crippen LogP) is 3.99. The lowest BCUT2D eigenvalue weighted by Crippen LogP contribution is -2.38. The minimum atomic E-state index is -0.134. The first kappa shape index (κ1) is 16.4. The van der Waals surface area contributed by atoms with Crippen LogP contribution in [0.3, 0.4) is 0 Å². The second-order valence-electron chi connectivity index (χ2n) is 5.33. The molecule has 0 aliphatic rings. The standard InChI is InChI=1S/C18H21ClN2O/c1-14(16-7-3-2-4-8-16)13-21-18(22)20-11-10-15-6-5-9-17(19)12-15/h2-9,12,14H,10-11,13H2,1H3,(H2,20,21,22). The number of carbonyl (C=O) groups excluding carboxylic acids is 1. The maximum absolute atomic E-state index is 11.8. The Balaban J connectivity index is 1.68. The van der Waals surface area contributed by atoms with Crippen molar-refractivity contribution in [1.29, 1.82) is 0 Å². The number of amides is 2. The number of carbonyl (C=O) groups is 1. The molecule has 2 amide bonds. The summed E-state index contributed by atoms with van der Waals surface area (Å²) in [6.07, 6.45) is 0.766. The summed E-state index contributed by atoms with van der Waals surface area (Å²) in [5.41, 5.74) is 2.34. The highest BCUT2D eigenvalue weighted by molar-refractivity contribution is 6.30. The summed E-state index contributed by atoms with van der Waals surface area (Å²) in [5, 5.41) is 6.49. The van der Waals surface area contributed by atoms with E-state index in [2.05, 4.69) is 29.7 Å². The smallest absolute Gasteiger partial charge is 0.314 e. The van der Waals surface area contributed by atoms with Crippen LogP contribution in [0.25, 0.3) is 0 Å². The zero-order valence-corrected chi connectivity index (χ0v) is 13.4. The molecule has 0 radical (unpaired) electrons. The number of hydrogen-bond acceptors (Lipinski definition) is 1. The van der Waals surface area contributed by atoms with Gasteiger partial charge in [0.25, 0.3) is 0 Å². The number of benzene rings is 2. The van der Waals surface area contributed by atoms with Crippen LogP contribution in [0.1, 0.15) is 24.0 Å². The molecule has 0 spiro atoms. The Labute approximate surface area is 136 Å². The van der Waals surface area contributed by atoms with Crippen molar-refractivity contribution in [2.24, 2.45) is 0 Å². The number of hydrogen-bond donors (Lipinski definition) is 2. The molecule has 0 saturated carbocycles. The molecule has 1 unspecified atom stereocenters. The SMILES string of the molecule is CC(CNC(=O)NCCc1cccc(Cl)c1)c1ccccc1. The molecule has 2 aromatic carbocycles. The van der Waals surface area contributed by atoms with Gasteiger partial charge in [0.2, 0.25) is 0 Å². The lowest BCUT2D eigenvalue weighted by atomic mass is 10.0. The molecule has 2 aromatic rings. The topological polar surface area (TPSA) is 41.1 Å². The third-order valence-electron chi connectivity index (χ3n) is 3.53. The van der Waals surface area contributed by atoms with Gasteiger partial charge in [-0.05, 0) is 35.6 Å². The molecule has 2 rings (SSSR count). The Hall–Kier alpha value is -2.00. The van der Waals surface area contributed by atoms with E-state index in [0.29, 0.717) is 19.0 Å². The van der Waals surface area contributed by atoms with Crippen LogP contribution in [0.4, 0.5) is 4.79 Å². The predicted molar refractivity (Wildman–Crippen MR) is 91.4 cm³/mol. The van der Waals surface area contributed by atoms with Crippen molar-refractivity contribution in [3.8, 4) is 0 Å². The zero-order valence-electron chi connectivity index (χ0n) is 12.7. The molecular formula is C18H21ClN2O. The molecule has 0 heterocycles. The molecule has 0 bridgehead atoms. The summed E-state index contributed by atoms with van der Waals surface area (Å²) in [6, 6.07) is 17.7. The summed E-state index contributed by atoms with van der Waals surface area (Å²) in [4.78, 5) is 11.8. The third-order valence-corrected chi connectivity index (χ3v) is 3.76. The van der Waals surface area contributed by atoms with Crippen molar-refractivity contribution in [2.75, 3.05) is 13.1 Å². The zero-order chi connectivity index (χ0) is 15.8. The highest BCUT2D eigenvalue weighted by atomic mass is 35.5. The van der Waals surface area contributed by atoms with E-state index in [-0.39, 0.29) is 6.03 Å². The average molecular weight is 317 g/mol. The van der Waals surface area contributed by atoms with Crippen molar-refractivity contribution in [3.05, 3.63) is 70.7 Å². The van der Waals surface area contributed by atoms with E-state index in [1.807, 2.05) is 42.5 Å². The maximum Gasteiger partial charge on any atom is 0.314 e. The van der Waals surface area contributed by atoms with E-state index in [0.717, 1.165) is 17.0 Å². The highest BCUT2D eigenvalue weighted by Crippen LogP contribution is 2.13. The van der Waals surface area contributed by atoms with Crippen molar-refractivity contribution in [3.63, 3.8) is 0 Å². The van der Waals surface area contributed by atoms with Crippen molar-refractivity contribution >= 4 is 17.6 Å². The van der Waals surface area contributed by atoms with Crippen LogP contribution >= 0.6 is 11.6 Å². The van der Waals surface area contributed by atoms with Gasteiger partial charge in [0, 0.05) is 18.1 Å². The van der Waals surface area contributed by atoms with Crippen LogP contribution in [-0.4, -0.2) is 19.1 Å². The second kappa shape index (κ2) is 8.44. The number of nitrogens with one attached hydrogen (secondary N) is 2.